The molecule has 0 aliphatic heterocycles. The minimum atomic E-state index is -0.426. The molecule has 1 unspecified atom stereocenters. The maximum Gasteiger partial charge on any atom is 0.224 e. The van der Waals surface area contributed by atoms with Gasteiger partial charge < -0.3 is 10.4 Å². The van der Waals surface area contributed by atoms with E-state index in [1.165, 1.54) is 0 Å². The normalized spacial score (nSPS) is 12.2. The summed E-state index contributed by atoms with van der Waals surface area (Å²) in [6.45, 7) is 6.31. The van der Waals surface area contributed by atoms with Gasteiger partial charge in [0, 0.05) is 12.2 Å². The van der Waals surface area contributed by atoms with Crippen LogP contribution < -0.4 is 5.32 Å². The number of aliphatic hydroxyl groups is 1. The highest BCUT2D eigenvalue weighted by Gasteiger charge is 2.08. The Kier molecular flexibility index (Phi) is 4.85. The van der Waals surface area contributed by atoms with E-state index in [1.54, 1.807) is 13.0 Å². The number of aryl methyl sites for hydroxylation is 1. The van der Waals surface area contributed by atoms with Crippen molar-refractivity contribution in [1.82, 2.24) is 9.97 Å². The molecule has 5 heteroatoms. The van der Waals surface area contributed by atoms with Gasteiger partial charge >= 0.3 is 0 Å². The third-order valence-corrected chi connectivity index (χ3v) is 2.21. The van der Waals surface area contributed by atoms with Crippen LogP contribution in [0, 0.1) is 24.2 Å². The number of nitriles is 1. The number of rotatable bonds is 5. The van der Waals surface area contributed by atoms with E-state index >= 15 is 0 Å². The van der Waals surface area contributed by atoms with E-state index in [1.807, 2.05) is 6.07 Å². The molecule has 5 nitrogen and oxygen atoms in total. The van der Waals surface area contributed by atoms with Gasteiger partial charge in [-0.3, -0.25) is 0 Å². The van der Waals surface area contributed by atoms with Gasteiger partial charge in [-0.25, -0.2) is 9.97 Å². The summed E-state index contributed by atoms with van der Waals surface area (Å²) in [4.78, 5) is 8.16. The van der Waals surface area contributed by atoms with Crippen LogP contribution in [0.1, 0.15) is 31.7 Å². The van der Waals surface area contributed by atoms with E-state index in [4.69, 9.17) is 5.26 Å². The first-order chi connectivity index (χ1) is 8.01. The molecule has 2 N–H and O–H groups in total. The quantitative estimate of drug-likeness (QED) is 0.806. The molecule has 0 saturated heterocycles. The van der Waals surface area contributed by atoms with Crippen LogP contribution in [0.3, 0.4) is 0 Å². The summed E-state index contributed by atoms with van der Waals surface area (Å²) in [5.41, 5.74) is 1.07. The highest BCUT2D eigenvalue weighted by molar-refractivity contribution is 5.32. The zero-order chi connectivity index (χ0) is 12.8. The summed E-state index contributed by atoms with van der Waals surface area (Å²) in [7, 11) is 0. The largest absolute Gasteiger partial charge is 0.391 e. The van der Waals surface area contributed by atoms with Crippen LogP contribution in [0.5, 0.6) is 0 Å². The summed E-state index contributed by atoms with van der Waals surface area (Å²) in [6.07, 6.45) is 0.300. The Morgan fingerprint density at radius 1 is 1.47 bits per heavy atom. The van der Waals surface area contributed by atoms with E-state index in [0.29, 0.717) is 24.1 Å². The van der Waals surface area contributed by atoms with Crippen molar-refractivity contribution in [2.45, 2.75) is 33.3 Å². The van der Waals surface area contributed by atoms with Crippen LogP contribution in [0.4, 0.5) is 5.95 Å². The van der Waals surface area contributed by atoms with Gasteiger partial charge in [-0.2, -0.15) is 5.26 Å². The molecule has 1 rings (SSSR count). The van der Waals surface area contributed by atoms with Crippen LogP contribution in [-0.2, 0) is 0 Å². The molecule has 1 aromatic rings. The zero-order valence-electron chi connectivity index (χ0n) is 10.4. The number of nitrogens with zero attached hydrogens (tertiary/aromatic N) is 3. The van der Waals surface area contributed by atoms with Crippen LogP contribution in [0.25, 0.3) is 0 Å². The Labute approximate surface area is 102 Å². The lowest BCUT2D eigenvalue weighted by Gasteiger charge is -2.13. The highest BCUT2D eigenvalue weighted by atomic mass is 16.3. The van der Waals surface area contributed by atoms with Crippen molar-refractivity contribution in [1.29, 1.82) is 5.26 Å². The lowest BCUT2D eigenvalue weighted by atomic mass is 10.1. The summed E-state index contributed by atoms with van der Waals surface area (Å²) < 4.78 is 0. The van der Waals surface area contributed by atoms with Crippen molar-refractivity contribution < 1.29 is 5.11 Å². The molecular weight excluding hydrogens is 216 g/mol. The van der Waals surface area contributed by atoms with Crippen molar-refractivity contribution in [3.05, 3.63) is 17.5 Å². The Balaban J connectivity index is 2.57. The molecule has 0 saturated carbocycles. The monoisotopic (exact) mass is 234 g/mol. The van der Waals surface area contributed by atoms with Gasteiger partial charge in [0.05, 0.1) is 6.10 Å². The maximum atomic E-state index is 9.69. The van der Waals surface area contributed by atoms with Gasteiger partial charge in [0.15, 0.2) is 0 Å². The molecule has 1 aromatic heterocycles. The predicted molar refractivity (Wildman–Crippen MR) is 65.4 cm³/mol. The fourth-order valence-corrected chi connectivity index (χ4v) is 1.54. The highest BCUT2D eigenvalue weighted by Crippen LogP contribution is 2.07. The van der Waals surface area contributed by atoms with Crippen LogP contribution >= 0.6 is 0 Å². The summed E-state index contributed by atoms with van der Waals surface area (Å²) in [5.74, 6) is 0.837. The van der Waals surface area contributed by atoms with Gasteiger partial charge in [-0.05, 0) is 25.3 Å². The van der Waals surface area contributed by atoms with Gasteiger partial charge in [0.2, 0.25) is 5.95 Å². The second-order valence-corrected chi connectivity index (χ2v) is 4.49. The SMILES string of the molecule is Cc1cc(C#N)nc(NCC(O)CC(C)C)n1. The Morgan fingerprint density at radius 3 is 2.76 bits per heavy atom. The molecule has 0 spiro atoms. The topological polar surface area (TPSA) is 81.8 Å². The molecule has 0 fully saturated rings. The van der Waals surface area contributed by atoms with Crippen LogP contribution in [-0.4, -0.2) is 27.7 Å². The molecule has 0 amide bonds. The zero-order valence-corrected chi connectivity index (χ0v) is 10.4. The van der Waals surface area contributed by atoms with Gasteiger partial charge in [-0.1, -0.05) is 13.8 Å². The van der Waals surface area contributed by atoms with Crippen LogP contribution in [0.15, 0.2) is 6.07 Å². The van der Waals surface area contributed by atoms with E-state index < -0.39 is 6.10 Å². The molecule has 0 aliphatic carbocycles. The Hall–Kier alpha value is -1.67. The first-order valence-corrected chi connectivity index (χ1v) is 5.69. The smallest absolute Gasteiger partial charge is 0.224 e. The van der Waals surface area contributed by atoms with Gasteiger partial charge in [0.25, 0.3) is 0 Å². The standard InChI is InChI=1S/C12H18N4O/c1-8(2)4-11(17)7-14-12-15-9(3)5-10(6-13)16-12/h5,8,11,17H,4,7H2,1-3H3,(H,14,15,16). The third-order valence-electron chi connectivity index (χ3n) is 2.21. The maximum absolute atomic E-state index is 9.69. The molecule has 0 bridgehead atoms. The van der Waals surface area contributed by atoms with E-state index in [2.05, 4.69) is 29.1 Å². The fraction of sp³-hybridized carbons (Fsp3) is 0.583. The molecule has 0 radical (unpaired) electrons. The molecule has 0 aromatic carbocycles. The van der Waals surface area contributed by atoms with Crippen LogP contribution in [0.2, 0.25) is 0 Å². The number of hydrogen-bond acceptors (Lipinski definition) is 5. The third kappa shape index (κ3) is 4.79. The first kappa shape index (κ1) is 13.4. The minimum Gasteiger partial charge on any atom is -0.391 e. The van der Waals surface area contributed by atoms with Crippen molar-refractivity contribution in [2.24, 2.45) is 5.92 Å². The van der Waals surface area contributed by atoms with Crippen molar-refractivity contribution in [3.8, 4) is 6.07 Å². The predicted octanol–water partition coefficient (Wildman–Crippen LogP) is 1.48. The van der Waals surface area contributed by atoms with Crippen molar-refractivity contribution in [2.75, 3.05) is 11.9 Å². The molecular formula is C12H18N4O. The fourth-order valence-electron chi connectivity index (χ4n) is 1.54. The molecule has 92 valence electrons. The Morgan fingerprint density at radius 2 is 2.18 bits per heavy atom. The second-order valence-electron chi connectivity index (χ2n) is 4.49. The van der Waals surface area contributed by atoms with Crippen molar-refractivity contribution >= 4 is 5.95 Å². The van der Waals surface area contributed by atoms with E-state index in [9.17, 15) is 5.11 Å². The summed E-state index contributed by atoms with van der Waals surface area (Å²) >= 11 is 0. The van der Waals surface area contributed by atoms with E-state index in [0.717, 1.165) is 12.1 Å². The Bertz CT molecular complexity index is 411. The summed E-state index contributed by atoms with van der Waals surface area (Å²) in [5, 5.41) is 21.4. The molecule has 1 atom stereocenters. The average Bonchev–Trinajstić information content (AvgIpc) is 2.24. The summed E-state index contributed by atoms with van der Waals surface area (Å²) in [6, 6.07) is 3.60. The number of aromatic nitrogens is 2. The molecule has 17 heavy (non-hydrogen) atoms. The lowest BCUT2D eigenvalue weighted by Crippen LogP contribution is -2.22. The van der Waals surface area contributed by atoms with Crippen molar-refractivity contribution in [3.63, 3.8) is 0 Å². The second kappa shape index (κ2) is 6.16. The number of aliphatic hydroxyl groups excluding tert-OH is 1. The molecule has 0 aliphatic rings. The van der Waals surface area contributed by atoms with Gasteiger partial charge in [0.1, 0.15) is 11.8 Å². The molecule has 1 heterocycles. The van der Waals surface area contributed by atoms with E-state index in [-0.39, 0.29) is 0 Å². The van der Waals surface area contributed by atoms with Gasteiger partial charge in [-0.15, -0.1) is 0 Å². The number of anilines is 1. The average molecular weight is 234 g/mol. The lowest BCUT2D eigenvalue weighted by molar-refractivity contribution is 0.161. The minimum absolute atomic E-state index is 0.332. The number of hydrogen-bond donors (Lipinski definition) is 2. The number of nitrogens with one attached hydrogen (secondary N) is 1. The first-order valence-electron chi connectivity index (χ1n) is 5.69.